The van der Waals surface area contributed by atoms with E-state index >= 15 is 0 Å². The minimum Gasteiger partial charge on any atom is -0.478 e. The third kappa shape index (κ3) is 9.21. The van der Waals surface area contributed by atoms with Crippen molar-refractivity contribution in [1.29, 1.82) is 0 Å². The number of carbonyl (C=O) groups excluding carboxylic acids is 1. The van der Waals surface area contributed by atoms with Crippen LogP contribution in [0.15, 0.2) is 60.5 Å². The smallest absolute Gasteiger partial charge is 0.280 e. The zero-order valence-electron chi connectivity index (χ0n) is 18.1. The highest BCUT2D eigenvalue weighted by Crippen LogP contribution is 2.16. The van der Waals surface area contributed by atoms with E-state index in [1.54, 1.807) is 6.08 Å². The maximum atomic E-state index is 13.6. The van der Waals surface area contributed by atoms with Crippen molar-refractivity contribution in [2.45, 2.75) is 52.4 Å². The average Bonchev–Trinajstić information content (AvgIpc) is 2.75. The van der Waals surface area contributed by atoms with Crippen molar-refractivity contribution >= 4 is 16.8 Å². The summed E-state index contributed by atoms with van der Waals surface area (Å²) in [5, 5.41) is 3.67. The van der Waals surface area contributed by atoms with Crippen LogP contribution in [-0.4, -0.2) is 24.0 Å². The number of carbonyl (C=O) groups is 1. The van der Waals surface area contributed by atoms with Crippen LogP contribution in [0.25, 0.3) is 10.9 Å². The quantitative estimate of drug-likeness (QED) is 0.244. The molecule has 30 heavy (non-hydrogen) atoms. The topological polar surface area (TPSA) is 51.2 Å². The molecule has 0 fully saturated rings. The number of aromatic nitrogens is 1. The Morgan fingerprint density at radius 1 is 1.10 bits per heavy atom. The number of nitrogens with zero attached hydrogens (tertiary/aromatic N) is 1. The standard InChI is InChI=1S/C25H33FN2O2/c1-20(2)19-27-25(29)22(26)14-9-7-5-3-4-6-8-12-18-30-24-17-16-21-13-10-11-15-23(21)28-24/h7,9-11,13-17,20H,3-6,8,12,18-19H2,1-2H3,(H,27,29). The molecular formula is C25H33FN2O2. The Labute approximate surface area is 179 Å². The van der Waals surface area contributed by atoms with Crippen molar-refractivity contribution in [3.63, 3.8) is 0 Å². The monoisotopic (exact) mass is 412 g/mol. The first kappa shape index (κ1) is 23.6. The number of benzene rings is 1. The van der Waals surface area contributed by atoms with Gasteiger partial charge in [-0.3, -0.25) is 4.79 Å². The number of rotatable bonds is 13. The number of hydrogen-bond acceptors (Lipinski definition) is 3. The van der Waals surface area contributed by atoms with E-state index in [1.165, 1.54) is 6.08 Å². The van der Waals surface area contributed by atoms with Gasteiger partial charge in [0.05, 0.1) is 12.1 Å². The molecule has 1 aromatic heterocycles. The van der Waals surface area contributed by atoms with Gasteiger partial charge >= 0.3 is 0 Å². The van der Waals surface area contributed by atoms with Crippen molar-refractivity contribution in [2.75, 3.05) is 13.2 Å². The van der Waals surface area contributed by atoms with E-state index in [0.717, 1.165) is 49.4 Å². The molecule has 0 radical (unpaired) electrons. The van der Waals surface area contributed by atoms with Gasteiger partial charge in [0.1, 0.15) is 0 Å². The van der Waals surface area contributed by atoms with Gasteiger partial charge in [0, 0.05) is 18.0 Å². The van der Waals surface area contributed by atoms with Gasteiger partial charge in [0.25, 0.3) is 5.91 Å². The van der Waals surface area contributed by atoms with E-state index in [9.17, 15) is 9.18 Å². The molecule has 0 unspecified atom stereocenters. The van der Waals surface area contributed by atoms with E-state index in [-0.39, 0.29) is 0 Å². The number of para-hydroxylation sites is 1. The third-order valence-corrected chi connectivity index (χ3v) is 4.60. The molecule has 5 heteroatoms. The lowest BCUT2D eigenvalue weighted by Gasteiger charge is -2.06. The molecule has 0 spiro atoms. The molecule has 0 aliphatic heterocycles. The number of ether oxygens (including phenoxy) is 1. The van der Waals surface area contributed by atoms with Crippen molar-refractivity contribution in [3.05, 3.63) is 60.5 Å². The molecule has 162 valence electrons. The molecular weight excluding hydrogens is 379 g/mol. The maximum Gasteiger partial charge on any atom is 0.280 e. The second-order valence-electron chi connectivity index (χ2n) is 7.79. The summed E-state index contributed by atoms with van der Waals surface area (Å²) in [6.45, 7) is 5.09. The maximum absolute atomic E-state index is 13.6. The summed E-state index contributed by atoms with van der Waals surface area (Å²) in [6.07, 6.45) is 11.1. The van der Waals surface area contributed by atoms with Crippen molar-refractivity contribution < 1.29 is 13.9 Å². The van der Waals surface area contributed by atoms with Crippen LogP contribution in [0.5, 0.6) is 5.88 Å². The van der Waals surface area contributed by atoms with Gasteiger partial charge in [-0.1, -0.05) is 63.5 Å². The first-order chi connectivity index (χ1) is 14.6. The van der Waals surface area contributed by atoms with Crippen LogP contribution in [0.2, 0.25) is 0 Å². The zero-order valence-corrected chi connectivity index (χ0v) is 18.1. The number of halogens is 1. The molecule has 2 aromatic rings. The van der Waals surface area contributed by atoms with Gasteiger partial charge in [0.2, 0.25) is 5.88 Å². The van der Waals surface area contributed by atoms with Crippen LogP contribution in [0.1, 0.15) is 52.4 Å². The number of allylic oxidation sites excluding steroid dienone is 3. The largest absolute Gasteiger partial charge is 0.478 e. The zero-order chi connectivity index (χ0) is 21.6. The molecule has 0 bridgehead atoms. The SMILES string of the molecule is CC(C)CNC(=O)C(F)=CC=CCCCCCCCOc1ccc2ccccc2n1. The normalized spacial score (nSPS) is 12.1. The van der Waals surface area contributed by atoms with Gasteiger partial charge in [-0.15, -0.1) is 0 Å². The molecule has 2 rings (SSSR count). The van der Waals surface area contributed by atoms with E-state index in [1.807, 2.05) is 56.3 Å². The van der Waals surface area contributed by atoms with Gasteiger partial charge in [-0.25, -0.2) is 9.37 Å². The number of hydrogen-bond donors (Lipinski definition) is 1. The molecule has 4 nitrogen and oxygen atoms in total. The van der Waals surface area contributed by atoms with Crippen molar-refractivity contribution in [2.24, 2.45) is 5.92 Å². The minimum atomic E-state index is -0.743. The lowest BCUT2D eigenvalue weighted by molar-refractivity contribution is -0.119. The van der Waals surface area contributed by atoms with Crippen LogP contribution >= 0.6 is 0 Å². The van der Waals surface area contributed by atoms with Crippen LogP contribution < -0.4 is 10.1 Å². The lowest BCUT2D eigenvalue weighted by atomic mass is 10.1. The summed E-state index contributed by atoms with van der Waals surface area (Å²) in [7, 11) is 0. The fraction of sp³-hybridized carbons (Fsp3) is 0.440. The first-order valence-electron chi connectivity index (χ1n) is 10.9. The molecule has 1 amide bonds. The summed E-state index contributed by atoms with van der Waals surface area (Å²) in [4.78, 5) is 16.0. The van der Waals surface area contributed by atoms with Crippen LogP contribution in [-0.2, 0) is 4.79 Å². The van der Waals surface area contributed by atoms with Gasteiger partial charge < -0.3 is 10.1 Å². The predicted octanol–water partition coefficient (Wildman–Crippen LogP) is 6.14. The summed E-state index contributed by atoms with van der Waals surface area (Å²) in [5.41, 5.74) is 0.953. The molecule has 0 saturated carbocycles. The van der Waals surface area contributed by atoms with Gasteiger partial charge in [-0.05, 0) is 43.4 Å². The molecule has 1 N–H and O–H groups in total. The molecule has 0 atom stereocenters. The van der Waals surface area contributed by atoms with Crippen molar-refractivity contribution in [1.82, 2.24) is 10.3 Å². The Kier molecular flexibility index (Phi) is 10.6. The fourth-order valence-corrected chi connectivity index (χ4v) is 2.90. The highest BCUT2D eigenvalue weighted by atomic mass is 19.1. The van der Waals surface area contributed by atoms with Crippen LogP contribution in [0, 0.1) is 5.92 Å². The lowest BCUT2D eigenvalue weighted by Crippen LogP contribution is -2.27. The predicted molar refractivity (Wildman–Crippen MR) is 121 cm³/mol. The van der Waals surface area contributed by atoms with E-state index < -0.39 is 11.7 Å². The molecule has 1 heterocycles. The minimum absolute atomic E-state index is 0.305. The Morgan fingerprint density at radius 3 is 2.70 bits per heavy atom. The summed E-state index contributed by atoms with van der Waals surface area (Å²) in [5.74, 6) is -0.404. The summed E-state index contributed by atoms with van der Waals surface area (Å²) in [6, 6.07) is 12.0. The van der Waals surface area contributed by atoms with Crippen LogP contribution in [0.3, 0.4) is 0 Å². The first-order valence-corrected chi connectivity index (χ1v) is 10.9. The Bertz CT molecular complexity index is 846. The van der Waals surface area contributed by atoms with Gasteiger partial charge in [0.15, 0.2) is 5.83 Å². The van der Waals surface area contributed by atoms with E-state index in [4.69, 9.17) is 4.74 Å². The van der Waals surface area contributed by atoms with Crippen LogP contribution in [0.4, 0.5) is 4.39 Å². The van der Waals surface area contributed by atoms with E-state index in [2.05, 4.69) is 10.3 Å². The number of nitrogens with one attached hydrogen (secondary N) is 1. The fourth-order valence-electron chi connectivity index (χ4n) is 2.90. The summed E-state index contributed by atoms with van der Waals surface area (Å²) < 4.78 is 19.3. The number of fused-ring (bicyclic) bond motifs is 1. The molecule has 0 aliphatic carbocycles. The second-order valence-corrected chi connectivity index (χ2v) is 7.79. The summed E-state index contributed by atoms with van der Waals surface area (Å²) >= 11 is 0. The Balaban J connectivity index is 1.50. The third-order valence-electron chi connectivity index (χ3n) is 4.60. The number of unbranched alkanes of at least 4 members (excludes halogenated alkanes) is 5. The van der Waals surface area contributed by atoms with Crippen molar-refractivity contribution in [3.8, 4) is 5.88 Å². The highest BCUT2D eigenvalue weighted by Gasteiger charge is 2.07. The van der Waals surface area contributed by atoms with Gasteiger partial charge in [-0.2, -0.15) is 0 Å². The number of pyridine rings is 1. The molecule has 1 aromatic carbocycles. The highest BCUT2D eigenvalue weighted by molar-refractivity contribution is 5.91. The molecule has 0 saturated heterocycles. The Morgan fingerprint density at radius 2 is 1.87 bits per heavy atom. The second kappa shape index (κ2) is 13.5. The van der Waals surface area contributed by atoms with E-state index in [0.29, 0.717) is 24.9 Å². The number of amides is 1. The Hall–Kier alpha value is -2.69. The average molecular weight is 413 g/mol. The molecule has 0 aliphatic rings.